The second-order valence-corrected chi connectivity index (χ2v) is 8.39. The van der Waals surface area contributed by atoms with Gasteiger partial charge in [0.05, 0.1) is 0 Å². The van der Waals surface area contributed by atoms with Gasteiger partial charge in [-0.05, 0) is 69.5 Å². The van der Waals surface area contributed by atoms with Gasteiger partial charge < -0.3 is 9.80 Å². The molecule has 1 heterocycles. The normalized spacial score (nSPS) is 17.5. The Hall–Kier alpha value is -1.84. The molecule has 4 heteroatoms. The van der Waals surface area contributed by atoms with Crippen LogP contribution in [0, 0.1) is 6.92 Å². The SMILES string of the molecule is Cc1ccc(CN(CCCN2CCCCC2C)C(=O)c2ccc(Cl)cc2)cc1. The summed E-state index contributed by atoms with van der Waals surface area (Å²) in [6, 6.07) is 16.3. The van der Waals surface area contributed by atoms with Crippen molar-refractivity contribution < 1.29 is 4.79 Å². The summed E-state index contributed by atoms with van der Waals surface area (Å²) in [5.74, 6) is 0.0731. The monoisotopic (exact) mass is 398 g/mol. The first-order valence-electron chi connectivity index (χ1n) is 10.4. The van der Waals surface area contributed by atoms with Crippen LogP contribution in [0.25, 0.3) is 0 Å². The van der Waals surface area contributed by atoms with E-state index in [4.69, 9.17) is 11.6 Å². The number of halogens is 1. The molecule has 0 spiro atoms. The average molecular weight is 399 g/mol. The Kier molecular flexibility index (Phi) is 7.52. The molecule has 1 unspecified atom stereocenters. The molecule has 1 amide bonds. The van der Waals surface area contributed by atoms with Crippen molar-refractivity contribution in [2.75, 3.05) is 19.6 Å². The molecule has 1 atom stereocenters. The fourth-order valence-corrected chi connectivity index (χ4v) is 4.02. The average Bonchev–Trinajstić information content (AvgIpc) is 2.70. The molecule has 3 nitrogen and oxygen atoms in total. The minimum Gasteiger partial charge on any atom is -0.334 e. The Morgan fingerprint density at radius 1 is 1.11 bits per heavy atom. The summed E-state index contributed by atoms with van der Waals surface area (Å²) < 4.78 is 0. The lowest BCUT2D eigenvalue weighted by Gasteiger charge is -2.34. The van der Waals surface area contributed by atoms with Gasteiger partial charge in [0.1, 0.15) is 0 Å². The van der Waals surface area contributed by atoms with E-state index in [1.54, 1.807) is 12.1 Å². The number of likely N-dealkylation sites (tertiary alicyclic amines) is 1. The van der Waals surface area contributed by atoms with Crippen molar-refractivity contribution in [2.24, 2.45) is 0 Å². The topological polar surface area (TPSA) is 23.6 Å². The van der Waals surface area contributed by atoms with Crippen LogP contribution in [0.4, 0.5) is 0 Å². The molecular formula is C24H31ClN2O. The number of hydrogen-bond acceptors (Lipinski definition) is 2. The van der Waals surface area contributed by atoms with E-state index in [-0.39, 0.29) is 5.91 Å². The molecule has 150 valence electrons. The molecule has 0 bridgehead atoms. The third-order valence-corrected chi connectivity index (χ3v) is 5.94. The lowest BCUT2D eigenvalue weighted by molar-refractivity contribution is 0.0726. The lowest BCUT2D eigenvalue weighted by Crippen LogP contribution is -2.40. The van der Waals surface area contributed by atoms with Crippen molar-refractivity contribution in [1.82, 2.24) is 9.80 Å². The zero-order valence-corrected chi connectivity index (χ0v) is 17.8. The van der Waals surface area contributed by atoms with Gasteiger partial charge in [-0.15, -0.1) is 0 Å². The molecule has 3 rings (SSSR count). The predicted octanol–water partition coefficient (Wildman–Crippen LogP) is 5.56. The fraction of sp³-hybridized carbons (Fsp3) is 0.458. The summed E-state index contributed by atoms with van der Waals surface area (Å²) >= 11 is 5.99. The van der Waals surface area contributed by atoms with Crippen LogP contribution in [0.2, 0.25) is 5.02 Å². The van der Waals surface area contributed by atoms with E-state index in [0.717, 1.165) is 19.5 Å². The van der Waals surface area contributed by atoms with Crippen LogP contribution in [0.3, 0.4) is 0 Å². The van der Waals surface area contributed by atoms with Crippen molar-refractivity contribution in [3.63, 3.8) is 0 Å². The van der Waals surface area contributed by atoms with Gasteiger partial charge in [-0.1, -0.05) is 47.9 Å². The maximum atomic E-state index is 13.1. The number of hydrogen-bond donors (Lipinski definition) is 0. The van der Waals surface area contributed by atoms with Crippen LogP contribution < -0.4 is 0 Å². The van der Waals surface area contributed by atoms with E-state index in [2.05, 4.69) is 43.0 Å². The Morgan fingerprint density at radius 3 is 2.50 bits per heavy atom. The highest BCUT2D eigenvalue weighted by atomic mass is 35.5. The van der Waals surface area contributed by atoms with Crippen LogP contribution >= 0.6 is 11.6 Å². The summed E-state index contributed by atoms with van der Waals surface area (Å²) in [7, 11) is 0. The van der Waals surface area contributed by atoms with Crippen LogP contribution in [-0.4, -0.2) is 41.4 Å². The molecule has 0 aliphatic carbocycles. The van der Waals surface area contributed by atoms with Crippen molar-refractivity contribution in [2.45, 2.75) is 52.1 Å². The van der Waals surface area contributed by atoms with E-state index in [0.29, 0.717) is 23.2 Å². The van der Waals surface area contributed by atoms with E-state index in [1.165, 1.54) is 36.9 Å². The molecule has 1 aliphatic rings. The molecule has 0 N–H and O–H groups in total. The largest absolute Gasteiger partial charge is 0.334 e. The molecule has 0 saturated carbocycles. The van der Waals surface area contributed by atoms with E-state index < -0.39 is 0 Å². The first-order valence-corrected chi connectivity index (χ1v) is 10.7. The zero-order valence-electron chi connectivity index (χ0n) is 17.0. The third kappa shape index (κ3) is 5.83. The summed E-state index contributed by atoms with van der Waals surface area (Å²) in [4.78, 5) is 17.7. The molecule has 0 aromatic heterocycles. The van der Waals surface area contributed by atoms with Gasteiger partial charge in [0.2, 0.25) is 0 Å². The smallest absolute Gasteiger partial charge is 0.254 e. The molecule has 1 fully saturated rings. The standard InChI is InChI=1S/C24H31ClN2O/c1-19-7-9-21(10-8-19)18-27(24(28)22-11-13-23(25)14-12-22)17-5-16-26-15-4-3-6-20(26)2/h7-14,20H,3-6,15-18H2,1-2H3. The maximum absolute atomic E-state index is 13.1. The molecule has 0 radical (unpaired) electrons. The van der Waals surface area contributed by atoms with Gasteiger partial charge in [-0.3, -0.25) is 4.79 Å². The molecule has 2 aromatic rings. The summed E-state index contributed by atoms with van der Waals surface area (Å²) in [5, 5.41) is 0.653. The van der Waals surface area contributed by atoms with Crippen molar-refractivity contribution in [1.29, 1.82) is 0 Å². The highest BCUT2D eigenvalue weighted by molar-refractivity contribution is 6.30. The number of carbonyl (C=O) groups is 1. The first-order chi connectivity index (χ1) is 13.5. The van der Waals surface area contributed by atoms with Crippen molar-refractivity contribution in [3.05, 3.63) is 70.2 Å². The van der Waals surface area contributed by atoms with Crippen LogP contribution in [-0.2, 0) is 6.54 Å². The van der Waals surface area contributed by atoms with Gasteiger partial charge in [0.15, 0.2) is 0 Å². The number of carbonyl (C=O) groups excluding carboxylic acids is 1. The number of benzene rings is 2. The van der Waals surface area contributed by atoms with Gasteiger partial charge in [0, 0.05) is 36.3 Å². The second kappa shape index (κ2) is 10.1. The Labute approximate surface area is 174 Å². The van der Waals surface area contributed by atoms with Gasteiger partial charge >= 0.3 is 0 Å². The van der Waals surface area contributed by atoms with Crippen molar-refractivity contribution >= 4 is 17.5 Å². The van der Waals surface area contributed by atoms with Gasteiger partial charge in [0.25, 0.3) is 5.91 Å². The highest BCUT2D eigenvalue weighted by Crippen LogP contribution is 2.18. The quantitative estimate of drug-likeness (QED) is 0.609. The van der Waals surface area contributed by atoms with E-state index >= 15 is 0 Å². The van der Waals surface area contributed by atoms with Gasteiger partial charge in [-0.25, -0.2) is 0 Å². The van der Waals surface area contributed by atoms with Crippen molar-refractivity contribution in [3.8, 4) is 0 Å². The lowest BCUT2D eigenvalue weighted by atomic mass is 10.0. The summed E-state index contributed by atoms with van der Waals surface area (Å²) in [5.41, 5.74) is 3.10. The van der Waals surface area contributed by atoms with Gasteiger partial charge in [-0.2, -0.15) is 0 Å². The number of aryl methyl sites for hydroxylation is 1. The Morgan fingerprint density at radius 2 is 1.82 bits per heavy atom. The minimum absolute atomic E-state index is 0.0731. The second-order valence-electron chi connectivity index (χ2n) is 7.95. The zero-order chi connectivity index (χ0) is 19.9. The molecule has 28 heavy (non-hydrogen) atoms. The number of rotatable bonds is 7. The molecular weight excluding hydrogens is 368 g/mol. The number of piperidine rings is 1. The van der Waals surface area contributed by atoms with E-state index in [1.807, 2.05) is 17.0 Å². The Balaban J connectivity index is 1.67. The minimum atomic E-state index is 0.0731. The molecule has 1 saturated heterocycles. The number of nitrogens with zero attached hydrogens (tertiary/aromatic N) is 2. The summed E-state index contributed by atoms with van der Waals surface area (Å²) in [6.07, 6.45) is 4.92. The van der Waals surface area contributed by atoms with Crippen LogP contribution in [0.1, 0.15) is 54.1 Å². The summed E-state index contributed by atoms with van der Waals surface area (Å²) in [6.45, 7) is 8.04. The van der Waals surface area contributed by atoms with Crippen LogP contribution in [0.15, 0.2) is 48.5 Å². The van der Waals surface area contributed by atoms with Crippen LogP contribution in [0.5, 0.6) is 0 Å². The number of amides is 1. The predicted molar refractivity (Wildman–Crippen MR) is 117 cm³/mol. The molecule has 1 aliphatic heterocycles. The maximum Gasteiger partial charge on any atom is 0.254 e. The Bertz CT molecular complexity index is 757. The first kappa shape index (κ1) is 20.9. The highest BCUT2D eigenvalue weighted by Gasteiger charge is 2.20. The third-order valence-electron chi connectivity index (χ3n) is 5.69. The fourth-order valence-electron chi connectivity index (χ4n) is 3.90. The van der Waals surface area contributed by atoms with E-state index in [9.17, 15) is 4.79 Å². The molecule has 2 aromatic carbocycles.